The molecule has 3 N–H and O–H groups in total. The van der Waals surface area contributed by atoms with Gasteiger partial charge >= 0.3 is 0 Å². The Balaban J connectivity index is 2.13. The van der Waals surface area contributed by atoms with Gasteiger partial charge in [0.05, 0.1) is 29.4 Å². The van der Waals surface area contributed by atoms with Gasteiger partial charge in [0.1, 0.15) is 5.75 Å². The quantitative estimate of drug-likeness (QED) is 0.489. The zero-order valence-corrected chi connectivity index (χ0v) is 19.0. The van der Waals surface area contributed by atoms with Crippen LogP contribution in [0.25, 0.3) is 22.6 Å². The molecule has 2 aromatic carbocycles. The van der Waals surface area contributed by atoms with Crippen LogP contribution in [0, 0.1) is 6.92 Å². The van der Waals surface area contributed by atoms with Crippen molar-refractivity contribution in [2.75, 3.05) is 17.1 Å². The van der Waals surface area contributed by atoms with Crippen LogP contribution < -0.4 is 25.3 Å². The Kier molecular flexibility index (Phi) is 7.09. The molecule has 6 nitrogen and oxygen atoms in total. The lowest BCUT2D eigenvalue weighted by molar-refractivity contribution is 0.416. The summed E-state index contributed by atoms with van der Waals surface area (Å²) >= 11 is -2.15. The highest BCUT2D eigenvalue weighted by molar-refractivity contribution is 7.80. The standard InChI is InChI=1S/C24H27N3O3S/c1-6-9-18-19(17-10-7-8-11-20(17)26-24(18)15(2)3)14-25-22-12-16(4)21(27-31(28)29)13-23(22)30-5/h6-13,25,27H,1,14H2,2-5H3,(H,28,29)/b18-9-. The third kappa shape index (κ3) is 4.95. The molecule has 0 radical (unpaired) electrons. The van der Waals surface area contributed by atoms with Gasteiger partial charge in [0.25, 0.3) is 11.3 Å². The molecule has 0 spiro atoms. The van der Waals surface area contributed by atoms with Crippen molar-refractivity contribution in [2.24, 2.45) is 0 Å². The predicted octanol–water partition coefficient (Wildman–Crippen LogP) is 3.87. The molecule has 0 bridgehead atoms. The van der Waals surface area contributed by atoms with E-state index in [4.69, 9.17) is 14.3 Å². The van der Waals surface area contributed by atoms with Gasteiger partial charge in [-0.3, -0.25) is 9.27 Å². The Labute approximate surface area is 184 Å². The second kappa shape index (κ2) is 9.76. The highest BCUT2D eigenvalue weighted by Gasteiger charge is 2.12. The summed E-state index contributed by atoms with van der Waals surface area (Å²) in [5, 5.41) is 6.52. The van der Waals surface area contributed by atoms with E-state index < -0.39 is 11.3 Å². The third-order valence-corrected chi connectivity index (χ3v) is 5.39. The second-order valence-electron chi connectivity index (χ2n) is 7.34. The summed E-state index contributed by atoms with van der Waals surface area (Å²) in [7, 11) is 1.57. The normalized spacial score (nSPS) is 12.5. The van der Waals surface area contributed by atoms with Crippen molar-refractivity contribution in [1.29, 1.82) is 0 Å². The minimum Gasteiger partial charge on any atom is -0.495 e. The molecule has 1 atom stereocenters. The first-order valence-corrected chi connectivity index (χ1v) is 10.9. The number of aryl methyl sites for hydroxylation is 1. The highest BCUT2D eigenvalue weighted by atomic mass is 32.2. The summed E-state index contributed by atoms with van der Waals surface area (Å²) in [6.07, 6.45) is 3.77. The lowest BCUT2D eigenvalue weighted by Gasteiger charge is -2.16. The number of rotatable bonds is 7. The third-order valence-electron chi connectivity index (χ3n) is 5.00. The fraction of sp³-hybridized carbons (Fsp3) is 0.208. The number of aromatic nitrogens is 1. The van der Waals surface area contributed by atoms with E-state index in [0.717, 1.165) is 43.9 Å². The average molecular weight is 438 g/mol. The minimum atomic E-state index is -2.15. The smallest absolute Gasteiger partial charge is 0.259 e. The maximum absolute atomic E-state index is 11.2. The van der Waals surface area contributed by atoms with Crippen molar-refractivity contribution >= 4 is 45.2 Å². The fourth-order valence-corrected chi connectivity index (χ4v) is 3.95. The van der Waals surface area contributed by atoms with E-state index in [1.165, 1.54) is 0 Å². The van der Waals surface area contributed by atoms with Crippen molar-refractivity contribution in [3.8, 4) is 5.75 Å². The molecule has 162 valence electrons. The summed E-state index contributed by atoms with van der Waals surface area (Å²) in [4.78, 5) is 4.87. The number of nitrogens with one attached hydrogen (secondary N) is 2. The summed E-state index contributed by atoms with van der Waals surface area (Å²) in [5.74, 6) is 0.574. The lowest BCUT2D eigenvalue weighted by atomic mass is 10.0. The number of para-hydroxylation sites is 1. The number of nitrogens with zero attached hydrogens (tertiary/aromatic N) is 1. The molecule has 0 amide bonds. The van der Waals surface area contributed by atoms with Crippen molar-refractivity contribution in [2.45, 2.75) is 27.3 Å². The van der Waals surface area contributed by atoms with E-state index in [1.807, 2.05) is 37.3 Å². The molecule has 0 fully saturated rings. The Morgan fingerprint density at radius 3 is 2.65 bits per heavy atom. The second-order valence-corrected chi connectivity index (χ2v) is 8.05. The van der Waals surface area contributed by atoms with Crippen molar-refractivity contribution in [1.82, 2.24) is 4.98 Å². The Hall–Kier alpha value is -3.16. The Bertz CT molecular complexity index is 1280. The van der Waals surface area contributed by atoms with Gasteiger partial charge in [0, 0.05) is 23.2 Å². The van der Waals surface area contributed by atoms with E-state index in [2.05, 4.69) is 36.5 Å². The van der Waals surface area contributed by atoms with Gasteiger partial charge < -0.3 is 10.1 Å². The SMILES string of the molecule is C=C/C=c1/c(CNc2cc(C)c(NS(=O)O)cc2OC)c2ccccc2nc1=C(C)C. The van der Waals surface area contributed by atoms with Crippen LogP contribution in [0.1, 0.15) is 25.0 Å². The molecular formula is C24H27N3O3S. The maximum Gasteiger partial charge on any atom is 0.259 e. The number of ether oxygens (including phenoxy) is 1. The van der Waals surface area contributed by atoms with Crippen LogP contribution in [-0.4, -0.2) is 20.9 Å². The summed E-state index contributed by atoms with van der Waals surface area (Å²) < 4.78 is 28.3. The molecule has 0 aliphatic rings. The number of pyridine rings is 1. The van der Waals surface area contributed by atoms with E-state index in [9.17, 15) is 4.21 Å². The molecule has 1 heterocycles. The van der Waals surface area contributed by atoms with Gasteiger partial charge in [0.2, 0.25) is 0 Å². The minimum absolute atomic E-state index is 0.539. The first kappa shape index (κ1) is 22.5. The van der Waals surface area contributed by atoms with Crippen LogP contribution in [0.5, 0.6) is 5.75 Å². The van der Waals surface area contributed by atoms with Crippen LogP contribution in [0.2, 0.25) is 0 Å². The summed E-state index contributed by atoms with van der Waals surface area (Å²) in [5.41, 5.74) is 5.32. The van der Waals surface area contributed by atoms with Crippen LogP contribution in [0.3, 0.4) is 0 Å². The number of anilines is 2. The predicted molar refractivity (Wildman–Crippen MR) is 130 cm³/mol. The number of methoxy groups -OCH3 is 1. The molecule has 0 aliphatic heterocycles. The molecule has 0 saturated heterocycles. The van der Waals surface area contributed by atoms with E-state index >= 15 is 0 Å². The first-order chi connectivity index (χ1) is 14.8. The molecule has 31 heavy (non-hydrogen) atoms. The number of allylic oxidation sites excluding steroid dienone is 1. The van der Waals surface area contributed by atoms with Gasteiger partial charge in [-0.2, -0.15) is 0 Å². The van der Waals surface area contributed by atoms with E-state index in [1.54, 1.807) is 19.3 Å². The Morgan fingerprint density at radius 1 is 1.26 bits per heavy atom. The van der Waals surface area contributed by atoms with Crippen molar-refractivity contribution in [3.05, 3.63) is 70.7 Å². The molecule has 1 unspecified atom stereocenters. The largest absolute Gasteiger partial charge is 0.495 e. The monoisotopic (exact) mass is 437 g/mol. The van der Waals surface area contributed by atoms with Crippen LogP contribution in [0.4, 0.5) is 11.4 Å². The van der Waals surface area contributed by atoms with E-state index in [-0.39, 0.29) is 0 Å². The van der Waals surface area contributed by atoms with Gasteiger partial charge in [-0.05, 0) is 44.0 Å². The van der Waals surface area contributed by atoms with Gasteiger partial charge in [-0.15, -0.1) is 0 Å². The average Bonchev–Trinajstić information content (AvgIpc) is 2.73. The van der Waals surface area contributed by atoms with Crippen LogP contribution >= 0.6 is 0 Å². The van der Waals surface area contributed by atoms with Gasteiger partial charge in [-0.25, -0.2) is 9.19 Å². The van der Waals surface area contributed by atoms with Crippen LogP contribution in [0.15, 0.2) is 49.1 Å². The fourth-order valence-electron chi connectivity index (χ4n) is 3.55. The number of benzene rings is 2. The van der Waals surface area contributed by atoms with E-state index in [0.29, 0.717) is 18.0 Å². The molecule has 0 saturated carbocycles. The molecule has 3 aromatic rings. The topological polar surface area (TPSA) is 83.5 Å². The van der Waals surface area contributed by atoms with Gasteiger partial charge in [-0.1, -0.05) is 42.5 Å². The zero-order chi connectivity index (χ0) is 22.5. The number of hydrogen-bond donors (Lipinski definition) is 3. The lowest BCUT2D eigenvalue weighted by Crippen LogP contribution is -2.34. The van der Waals surface area contributed by atoms with Crippen molar-refractivity contribution < 1.29 is 13.5 Å². The molecule has 1 aromatic heterocycles. The first-order valence-electron chi connectivity index (χ1n) is 9.83. The maximum atomic E-state index is 11.2. The zero-order valence-electron chi connectivity index (χ0n) is 18.2. The van der Waals surface area contributed by atoms with Gasteiger partial charge in [0.15, 0.2) is 0 Å². The highest BCUT2D eigenvalue weighted by Crippen LogP contribution is 2.32. The molecule has 0 aliphatic carbocycles. The molecular weight excluding hydrogens is 410 g/mol. The van der Waals surface area contributed by atoms with Crippen molar-refractivity contribution in [3.63, 3.8) is 0 Å². The summed E-state index contributed by atoms with van der Waals surface area (Å²) in [6.45, 7) is 10.4. The number of hydrogen-bond acceptors (Lipinski definition) is 4. The van der Waals surface area contributed by atoms with Crippen LogP contribution in [-0.2, 0) is 17.8 Å². The summed E-state index contributed by atoms with van der Waals surface area (Å²) in [6, 6.07) is 11.7. The molecule has 7 heteroatoms. The number of fused-ring (bicyclic) bond motifs is 1. The molecule has 3 rings (SSSR count). The Morgan fingerprint density at radius 2 is 2.00 bits per heavy atom.